The molecule has 0 amide bonds. The van der Waals surface area contributed by atoms with Crippen LogP contribution in [0.15, 0.2) is 29.1 Å². The van der Waals surface area contributed by atoms with E-state index < -0.39 is 5.97 Å². The molecule has 0 bridgehead atoms. The summed E-state index contributed by atoms with van der Waals surface area (Å²) < 4.78 is 1.32. The summed E-state index contributed by atoms with van der Waals surface area (Å²) in [6.07, 6.45) is -0.0628. The summed E-state index contributed by atoms with van der Waals surface area (Å²) in [6, 6.07) is 7.10. The monoisotopic (exact) mass is 206 g/mol. The first-order chi connectivity index (χ1) is 7.18. The number of hydrogen-bond donors (Lipinski definition) is 2. The zero-order valence-corrected chi connectivity index (χ0v) is 7.93. The number of H-pyrrole nitrogens is 1. The van der Waals surface area contributed by atoms with Gasteiger partial charge in [-0.2, -0.15) is 0 Å². The fourth-order valence-corrected chi connectivity index (χ4v) is 1.47. The number of hydrogen-bond acceptors (Lipinski definition) is 2. The summed E-state index contributed by atoms with van der Waals surface area (Å²) in [5.41, 5.74) is 0.555. The number of fused-ring (bicyclic) bond motifs is 1. The van der Waals surface area contributed by atoms with Crippen molar-refractivity contribution in [3.8, 4) is 0 Å². The van der Waals surface area contributed by atoms with Crippen molar-refractivity contribution < 1.29 is 9.90 Å². The lowest BCUT2D eigenvalue weighted by Crippen LogP contribution is -2.18. The van der Waals surface area contributed by atoms with Crippen LogP contribution in [0.1, 0.15) is 6.42 Å². The highest BCUT2D eigenvalue weighted by Gasteiger charge is 2.06. The van der Waals surface area contributed by atoms with E-state index in [2.05, 4.69) is 5.10 Å². The molecule has 0 aliphatic carbocycles. The number of aryl methyl sites for hydroxylation is 1. The van der Waals surface area contributed by atoms with Gasteiger partial charge in [-0.25, -0.2) is 0 Å². The third-order valence-corrected chi connectivity index (χ3v) is 2.21. The Labute approximate surface area is 84.9 Å². The number of carboxylic acid groups (broad SMARTS) is 1. The minimum Gasteiger partial charge on any atom is -0.481 e. The Morgan fingerprint density at radius 1 is 1.40 bits per heavy atom. The van der Waals surface area contributed by atoms with Gasteiger partial charge in [-0.3, -0.25) is 19.4 Å². The second-order valence-corrected chi connectivity index (χ2v) is 3.26. The Balaban J connectivity index is 2.40. The first-order valence-corrected chi connectivity index (χ1v) is 4.58. The summed E-state index contributed by atoms with van der Waals surface area (Å²) in [5, 5.41) is 12.0. The normalized spacial score (nSPS) is 10.7. The first kappa shape index (κ1) is 9.51. The van der Waals surface area contributed by atoms with E-state index in [1.807, 2.05) is 6.07 Å². The maximum Gasteiger partial charge on any atom is 0.305 e. The zero-order chi connectivity index (χ0) is 10.8. The van der Waals surface area contributed by atoms with Gasteiger partial charge in [-0.15, -0.1) is 0 Å². The highest BCUT2D eigenvalue weighted by molar-refractivity contribution is 5.77. The number of para-hydroxylation sites is 1. The molecule has 0 saturated carbocycles. The predicted octanol–water partition coefficient (Wildman–Crippen LogP) is 0.804. The second-order valence-electron chi connectivity index (χ2n) is 3.26. The molecule has 1 aromatic heterocycles. The molecule has 0 aliphatic rings. The Bertz CT molecular complexity index is 553. The molecule has 0 spiro atoms. The van der Waals surface area contributed by atoms with Crippen molar-refractivity contribution in [3.05, 3.63) is 34.6 Å². The van der Waals surface area contributed by atoms with Crippen LogP contribution in [0.4, 0.5) is 0 Å². The van der Waals surface area contributed by atoms with Gasteiger partial charge in [-0.05, 0) is 12.1 Å². The smallest absolute Gasteiger partial charge is 0.305 e. The van der Waals surface area contributed by atoms with E-state index in [0.29, 0.717) is 5.39 Å². The van der Waals surface area contributed by atoms with Crippen molar-refractivity contribution in [2.45, 2.75) is 13.0 Å². The highest BCUT2D eigenvalue weighted by atomic mass is 16.4. The molecule has 5 nitrogen and oxygen atoms in total. The van der Waals surface area contributed by atoms with Gasteiger partial charge in [0.2, 0.25) is 0 Å². The standard InChI is InChI=1S/C10H10N2O3/c13-9(14)5-6-12-10(15)7-3-1-2-4-8(7)11-12/h1-4,11H,5-6H2,(H,13,14). The maximum absolute atomic E-state index is 11.7. The van der Waals surface area contributed by atoms with E-state index in [9.17, 15) is 9.59 Å². The van der Waals surface area contributed by atoms with Gasteiger partial charge in [0, 0.05) is 0 Å². The zero-order valence-electron chi connectivity index (χ0n) is 7.93. The molecule has 1 heterocycles. The number of carboxylic acids is 1. The van der Waals surface area contributed by atoms with Crippen molar-refractivity contribution in [3.63, 3.8) is 0 Å². The van der Waals surface area contributed by atoms with Crippen LogP contribution in [0.2, 0.25) is 0 Å². The van der Waals surface area contributed by atoms with Gasteiger partial charge in [0.1, 0.15) is 0 Å². The molecule has 2 aromatic rings. The average Bonchev–Trinajstić information content (AvgIpc) is 2.54. The van der Waals surface area contributed by atoms with E-state index >= 15 is 0 Å². The molecule has 0 fully saturated rings. The van der Waals surface area contributed by atoms with E-state index in [1.54, 1.807) is 18.2 Å². The lowest BCUT2D eigenvalue weighted by atomic mass is 10.3. The Morgan fingerprint density at radius 3 is 2.80 bits per heavy atom. The Morgan fingerprint density at radius 2 is 2.13 bits per heavy atom. The maximum atomic E-state index is 11.7. The van der Waals surface area contributed by atoms with E-state index in [4.69, 9.17) is 5.11 Å². The third-order valence-electron chi connectivity index (χ3n) is 2.21. The lowest BCUT2D eigenvalue weighted by Gasteiger charge is -1.96. The minimum absolute atomic E-state index is 0.0628. The number of aliphatic carboxylic acids is 1. The number of aromatic nitrogens is 2. The van der Waals surface area contributed by atoms with Crippen LogP contribution in [0, 0.1) is 0 Å². The van der Waals surface area contributed by atoms with E-state index in [-0.39, 0.29) is 18.5 Å². The molecular formula is C10H10N2O3. The molecular weight excluding hydrogens is 196 g/mol. The SMILES string of the molecule is O=C(O)CCn1[nH]c2ccccc2c1=O. The largest absolute Gasteiger partial charge is 0.481 e. The van der Waals surface area contributed by atoms with Gasteiger partial charge in [0.15, 0.2) is 0 Å². The molecule has 15 heavy (non-hydrogen) atoms. The predicted molar refractivity (Wildman–Crippen MR) is 54.8 cm³/mol. The Hall–Kier alpha value is -2.04. The van der Waals surface area contributed by atoms with Gasteiger partial charge in [0.25, 0.3) is 5.56 Å². The van der Waals surface area contributed by atoms with Crippen molar-refractivity contribution >= 4 is 16.9 Å². The first-order valence-electron chi connectivity index (χ1n) is 4.58. The molecule has 5 heteroatoms. The summed E-state index contributed by atoms with van der Waals surface area (Å²) in [6.45, 7) is 0.169. The van der Waals surface area contributed by atoms with Crippen molar-refractivity contribution in [1.82, 2.24) is 9.78 Å². The van der Waals surface area contributed by atoms with Gasteiger partial charge < -0.3 is 5.11 Å². The van der Waals surface area contributed by atoms with Crippen molar-refractivity contribution in [2.75, 3.05) is 0 Å². The van der Waals surface area contributed by atoms with Crippen LogP contribution >= 0.6 is 0 Å². The summed E-state index contributed by atoms with van der Waals surface area (Å²) >= 11 is 0. The van der Waals surface area contributed by atoms with Crippen LogP contribution in [0.25, 0.3) is 10.9 Å². The number of aromatic amines is 1. The van der Waals surface area contributed by atoms with Gasteiger partial charge in [-0.1, -0.05) is 12.1 Å². The van der Waals surface area contributed by atoms with Crippen molar-refractivity contribution in [1.29, 1.82) is 0 Å². The number of nitrogens with zero attached hydrogens (tertiary/aromatic N) is 1. The second kappa shape index (κ2) is 3.61. The van der Waals surface area contributed by atoms with Crippen LogP contribution in [0.3, 0.4) is 0 Å². The van der Waals surface area contributed by atoms with E-state index in [0.717, 1.165) is 5.52 Å². The molecule has 0 saturated heterocycles. The molecule has 2 rings (SSSR count). The fourth-order valence-electron chi connectivity index (χ4n) is 1.47. The highest BCUT2D eigenvalue weighted by Crippen LogP contribution is 2.05. The third kappa shape index (κ3) is 1.76. The fraction of sp³-hybridized carbons (Fsp3) is 0.200. The Kier molecular flexibility index (Phi) is 2.29. The summed E-state index contributed by atoms with van der Waals surface area (Å²) in [7, 11) is 0. The number of carbonyl (C=O) groups is 1. The van der Waals surface area contributed by atoms with Crippen molar-refractivity contribution in [2.24, 2.45) is 0 Å². The van der Waals surface area contributed by atoms with E-state index in [1.165, 1.54) is 4.68 Å². The average molecular weight is 206 g/mol. The van der Waals surface area contributed by atoms with Crippen LogP contribution < -0.4 is 5.56 Å². The summed E-state index contributed by atoms with van der Waals surface area (Å²) in [5.74, 6) is -0.916. The lowest BCUT2D eigenvalue weighted by molar-refractivity contribution is -0.137. The topological polar surface area (TPSA) is 75.1 Å². The summed E-state index contributed by atoms with van der Waals surface area (Å²) in [4.78, 5) is 22.0. The molecule has 78 valence electrons. The minimum atomic E-state index is -0.916. The molecule has 0 radical (unpaired) electrons. The molecule has 0 aliphatic heterocycles. The molecule has 2 N–H and O–H groups in total. The van der Waals surface area contributed by atoms with Crippen LogP contribution in [0.5, 0.6) is 0 Å². The molecule has 0 unspecified atom stereocenters. The van der Waals surface area contributed by atoms with Crippen LogP contribution in [-0.4, -0.2) is 20.9 Å². The number of benzene rings is 1. The molecule has 0 atom stereocenters. The quantitative estimate of drug-likeness (QED) is 0.780. The van der Waals surface area contributed by atoms with Crippen LogP contribution in [-0.2, 0) is 11.3 Å². The number of nitrogens with one attached hydrogen (secondary N) is 1. The number of rotatable bonds is 3. The van der Waals surface area contributed by atoms with Gasteiger partial charge >= 0.3 is 5.97 Å². The molecule has 1 aromatic carbocycles. The van der Waals surface area contributed by atoms with Gasteiger partial charge in [0.05, 0.1) is 23.9 Å².